The highest BCUT2D eigenvalue weighted by Gasteiger charge is 2.59. The van der Waals surface area contributed by atoms with Crippen LogP contribution < -0.4 is 5.32 Å². The number of thioether (sulfide) groups is 1. The lowest BCUT2D eigenvalue weighted by Gasteiger charge is -2.58. The fraction of sp³-hybridized carbons (Fsp3) is 0.882. The zero-order chi connectivity index (χ0) is 28.4. The summed E-state index contributed by atoms with van der Waals surface area (Å²) in [6.45, 7) is 14.0. The summed E-state index contributed by atoms with van der Waals surface area (Å²) in [6.07, 6.45) is 19.1. The summed E-state index contributed by atoms with van der Waals surface area (Å²) in [7, 11) is 0. The third-order valence-corrected chi connectivity index (χ3v) is 12.5. The first-order chi connectivity index (χ1) is 18.5. The molecule has 5 heteroatoms. The van der Waals surface area contributed by atoms with Crippen molar-refractivity contribution in [3.8, 4) is 0 Å². The molecule has 0 aromatic rings. The van der Waals surface area contributed by atoms with E-state index in [4.69, 9.17) is 4.74 Å². The average molecular weight is 560 g/mol. The highest BCUT2D eigenvalue weighted by atomic mass is 32.2. The monoisotopic (exact) mass is 559 g/mol. The first-order valence-electron chi connectivity index (χ1n) is 16.2. The molecule has 0 bridgehead atoms. The van der Waals surface area contributed by atoms with Crippen LogP contribution in [0.2, 0.25) is 0 Å². The maximum absolute atomic E-state index is 13.0. The smallest absolute Gasteiger partial charge is 0.328 e. The van der Waals surface area contributed by atoms with Crippen molar-refractivity contribution < 1.29 is 14.3 Å². The Kier molecular flexibility index (Phi) is 10.3. The molecule has 0 aliphatic heterocycles. The fourth-order valence-electron chi connectivity index (χ4n) is 9.73. The number of rotatable bonds is 11. The van der Waals surface area contributed by atoms with E-state index in [0.717, 1.165) is 60.5 Å². The molecule has 39 heavy (non-hydrogen) atoms. The van der Waals surface area contributed by atoms with Crippen LogP contribution in [0.15, 0.2) is 11.6 Å². The van der Waals surface area contributed by atoms with E-state index in [1.54, 1.807) is 17.3 Å². The number of nitrogens with one attached hydrogen (secondary N) is 1. The number of fused-ring (bicyclic) bond motifs is 5. The number of hydrogen-bond donors (Lipinski definition) is 1. The number of carbonyl (C=O) groups is 2. The summed E-state index contributed by atoms with van der Waals surface area (Å²) in [6, 6.07) is -0.535. The number of carbonyl (C=O) groups excluding carboxylic acids is 2. The van der Waals surface area contributed by atoms with Gasteiger partial charge in [0.2, 0.25) is 5.91 Å². The molecule has 3 fully saturated rings. The molecular weight excluding hydrogens is 502 g/mol. The molecule has 1 amide bonds. The first kappa shape index (κ1) is 31.0. The van der Waals surface area contributed by atoms with Gasteiger partial charge in [-0.05, 0) is 110 Å². The van der Waals surface area contributed by atoms with Gasteiger partial charge >= 0.3 is 5.97 Å². The van der Waals surface area contributed by atoms with Crippen molar-refractivity contribution in [2.45, 2.75) is 131 Å². The summed E-state index contributed by atoms with van der Waals surface area (Å²) in [5.41, 5.74) is 2.32. The molecule has 222 valence electrons. The van der Waals surface area contributed by atoms with E-state index in [-0.39, 0.29) is 23.4 Å². The molecule has 4 rings (SSSR count). The third-order valence-electron chi connectivity index (χ3n) is 11.8. The van der Waals surface area contributed by atoms with Crippen LogP contribution in [0.1, 0.15) is 119 Å². The summed E-state index contributed by atoms with van der Waals surface area (Å²) in [4.78, 5) is 24.7. The zero-order valence-electron chi connectivity index (χ0n) is 26.0. The maximum atomic E-state index is 13.0. The summed E-state index contributed by atoms with van der Waals surface area (Å²) >= 11 is 1.69. The Morgan fingerprint density at radius 2 is 1.82 bits per heavy atom. The highest BCUT2D eigenvalue weighted by molar-refractivity contribution is 7.98. The number of ether oxygens (including phenoxy) is 1. The van der Waals surface area contributed by atoms with Crippen LogP contribution in [0, 0.1) is 46.3 Å². The van der Waals surface area contributed by atoms with Crippen LogP contribution in [0.4, 0.5) is 0 Å². The Bertz CT molecular complexity index is 901. The van der Waals surface area contributed by atoms with Crippen molar-refractivity contribution in [3.05, 3.63) is 11.6 Å². The summed E-state index contributed by atoms with van der Waals surface area (Å²) < 4.78 is 6.05. The molecule has 4 aliphatic rings. The van der Waals surface area contributed by atoms with Gasteiger partial charge in [0.05, 0.1) is 0 Å². The van der Waals surface area contributed by atoms with Crippen LogP contribution in [-0.2, 0) is 14.3 Å². The van der Waals surface area contributed by atoms with Crippen LogP contribution in [0.25, 0.3) is 0 Å². The lowest BCUT2D eigenvalue weighted by molar-refractivity contribution is -0.155. The van der Waals surface area contributed by atoms with E-state index in [1.807, 2.05) is 6.26 Å². The largest absolute Gasteiger partial charge is 0.461 e. The van der Waals surface area contributed by atoms with Gasteiger partial charge in [-0.15, -0.1) is 0 Å². The average Bonchev–Trinajstić information content (AvgIpc) is 3.23. The van der Waals surface area contributed by atoms with Gasteiger partial charge < -0.3 is 10.1 Å². The van der Waals surface area contributed by atoms with Crippen molar-refractivity contribution in [2.75, 3.05) is 12.0 Å². The van der Waals surface area contributed by atoms with Gasteiger partial charge in [-0.2, -0.15) is 11.8 Å². The molecule has 0 saturated heterocycles. The zero-order valence-corrected chi connectivity index (χ0v) is 26.8. The molecular formula is C34H57NO3S. The first-order valence-corrected chi connectivity index (χ1v) is 17.5. The summed E-state index contributed by atoms with van der Waals surface area (Å²) in [5, 5.41) is 2.82. The third kappa shape index (κ3) is 6.59. The van der Waals surface area contributed by atoms with Crippen LogP contribution in [0.5, 0.6) is 0 Å². The molecule has 0 spiro atoms. The molecule has 4 nitrogen and oxygen atoms in total. The Morgan fingerprint density at radius 1 is 1.05 bits per heavy atom. The SMILES string of the molecule is CSCCC(NC(C)=O)C(=O)O[C@H]1CC[C@@]2(C)C(=CC[C@@H]3C2CC[C@@]2(C)C3CC[C@@H]2C(C)CCCC(C)C)C1. The minimum atomic E-state index is -0.535. The molecule has 1 N–H and O–H groups in total. The van der Waals surface area contributed by atoms with Crippen molar-refractivity contribution in [1.82, 2.24) is 5.32 Å². The van der Waals surface area contributed by atoms with Crippen molar-refractivity contribution in [3.63, 3.8) is 0 Å². The summed E-state index contributed by atoms with van der Waals surface area (Å²) in [5.74, 6) is 5.43. The van der Waals surface area contributed by atoms with Crippen LogP contribution in [0.3, 0.4) is 0 Å². The second-order valence-electron chi connectivity index (χ2n) is 14.6. The van der Waals surface area contributed by atoms with Crippen LogP contribution >= 0.6 is 11.8 Å². The van der Waals surface area contributed by atoms with Crippen molar-refractivity contribution >= 4 is 23.6 Å². The van der Waals surface area contributed by atoms with E-state index in [9.17, 15) is 9.59 Å². The maximum Gasteiger partial charge on any atom is 0.328 e. The van der Waals surface area contributed by atoms with Crippen LogP contribution in [-0.4, -0.2) is 36.0 Å². The standard InChI is InChI=1S/C34H57NO3S/c1-22(2)9-8-10-23(3)28-13-14-29-27-12-11-25-21-26(38-32(37)31(17-20-39-7)35-24(4)36)15-18-33(25,5)30(27)16-19-34(28,29)6/h11,22-23,26-31H,8-10,12-21H2,1-7H3,(H,35,36)/t23?,26-,27-,28+,29?,30?,31?,33-,34+/m0/s1. The molecule has 0 aromatic heterocycles. The topological polar surface area (TPSA) is 55.4 Å². The van der Waals surface area contributed by atoms with Gasteiger partial charge in [-0.25, -0.2) is 4.79 Å². The minimum absolute atomic E-state index is 0.0599. The molecule has 3 saturated carbocycles. The molecule has 9 atom stereocenters. The predicted octanol–water partition coefficient (Wildman–Crippen LogP) is 8.20. The van der Waals surface area contributed by atoms with E-state index < -0.39 is 6.04 Å². The van der Waals surface area contributed by atoms with Gasteiger partial charge in [0.15, 0.2) is 0 Å². The quantitative estimate of drug-likeness (QED) is 0.205. The Hall–Kier alpha value is -0.970. The Labute approximate surface area is 243 Å². The molecule has 0 aromatic carbocycles. The highest BCUT2D eigenvalue weighted by Crippen LogP contribution is 2.67. The molecule has 4 unspecified atom stereocenters. The van der Waals surface area contributed by atoms with Gasteiger partial charge in [0, 0.05) is 13.3 Å². The normalized spacial score (nSPS) is 37.2. The lowest BCUT2D eigenvalue weighted by atomic mass is 9.47. The van der Waals surface area contributed by atoms with E-state index in [1.165, 1.54) is 58.3 Å². The molecule has 0 radical (unpaired) electrons. The number of hydrogen-bond acceptors (Lipinski definition) is 4. The van der Waals surface area contributed by atoms with E-state index in [2.05, 4.69) is 46.0 Å². The predicted molar refractivity (Wildman–Crippen MR) is 164 cm³/mol. The molecule has 0 heterocycles. The van der Waals surface area contributed by atoms with Gasteiger partial charge in [-0.1, -0.05) is 65.5 Å². The van der Waals surface area contributed by atoms with Crippen molar-refractivity contribution in [2.24, 2.45) is 46.3 Å². The Morgan fingerprint density at radius 3 is 2.51 bits per heavy atom. The second kappa shape index (κ2) is 12.9. The number of esters is 1. The van der Waals surface area contributed by atoms with E-state index >= 15 is 0 Å². The second-order valence-corrected chi connectivity index (χ2v) is 15.6. The lowest BCUT2D eigenvalue weighted by Crippen LogP contribution is -2.51. The van der Waals surface area contributed by atoms with Gasteiger partial charge in [0.25, 0.3) is 0 Å². The van der Waals surface area contributed by atoms with Gasteiger partial charge in [0.1, 0.15) is 12.1 Å². The Balaban J connectivity index is 1.40. The van der Waals surface area contributed by atoms with E-state index in [0.29, 0.717) is 11.8 Å². The van der Waals surface area contributed by atoms with Crippen molar-refractivity contribution in [1.29, 1.82) is 0 Å². The minimum Gasteiger partial charge on any atom is -0.461 e. The van der Waals surface area contributed by atoms with Gasteiger partial charge in [-0.3, -0.25) is 4.79 Å². The number of allylic oxidation sites excluding steroid dienone is 1. The number of amides is 1. The fourth-order valence-corrected chi connectivity index (χ4v) is 10.2. The molecule has 4 aliphatic carbocycles.